The van der Waals surface area contributed by atoms with Crippen LogP contribution in [0.3, 0.4) is 0 Å². The van der Waals surface area contributed by atoms with E-state index < -0.39 is 18.0 Å². The van der Waals surface area contributed by atoms with Crippen LogP contribution in [0.25, 0.3) is 0 Å². The van der Waals surface area contributed by atoms with E-state index in [0.29, 0.717) is 11.5 Å². The summed E-state index contributed by atoms with van der Waals surface area (Å²) in [6, 6.07) is -1.40. The second-order valence-corrected chi connectivity index (χ2v) is 5.35. The molecular formula is C13H20N4O3. The fraction of sp³-hybridized carbons (Fsp3) is 0.615. The topological polar surface area (TPSA) is 96.2 Å². The van der Waals surface area contributed by atoms with Crippen LogP contribution < -0.4 is 10.6 Å². The molecule has 3 unspecified atom stereocenters. The molecule has 1 fully saturated rings. The molecule has 3 atom stereocenters. The SMILES string of the molecule is CC1CCCC1NC(=O)NC(C(=O)O)c1cnn(C)c1. The Morgan fingerprint density at radius 3 is 2.75 bits per heavy atom. The van der Waals surface area contributed by atoms with Crippen molar-refractivity contribution in [1.82, 2.24) is 20.4 Å². The Balaban J connectivity index is 1.98. The number of hydrogen-bond acceptors (Lipinski definition) is 3. The minimum Gasteiger partial charge on any atom is -0.479 e. The van der Waals surface area contributed by atoms with Gasteiger partial charge in [-0.1, -0.05) is 13.3 Å². The number of aromatic nitrogens is 2. The normalized spacial score (nSPS) is 23.3. The molecule has 0 aromatic carbocycles. The average Bonchev–Trinajstić information content (AvgIpc) is 2.96. The predicted molar refractivity (Wildman–Crippen MR) is 72.1 cm³/mol. The number of hydrogen-bond donors (Lipinski definition) is 3. The molecule has 110 valence electrons. The number of rotatable bonds is 4. The van der Waals surface area contributed by atoms with Gasteiger partial charge in [-0.3, -0.25) is 4.68 Å². The van der Waals surface area contributed by atoms with Gasteiger partial charge < -0.3 is 15.7 Å². The van der Waals surface area contributed by atoms with Crippen LogP contribution in [0.4, 0.5) is 4.79 Å². The van der Waals surface area contributed by atoms with Crippen molar-refractivity contribution in [3.05, 3.63) is 18.0 Å². The molecule has 0 saturated heterocycles. The molecule has 1 aromatic rings. The predicted octanol–water partition coefficient (Wildman–Crippen LogP) is 1.03. The van der Waals surface area contributed by atoms with Gasteiger partial charge in [-0.2, -0.15) is 5.10 Å². The lowest BCUT2D eigenvalue weighted by atomic mass is 10.1. The Morgan fingerprint density at radius 2 is 2.25 bits per heavy atom. The van der Waals surface area contributed by atoms with Crippen molar-refractivity contribution in [3.63, 3.8) is 0 Å². The van der Waals surface area contributed by atoms with E-state index in [4.69, 9.17) is 0 Å². The molecule has 0 aliphatic heterocycles. The summed E-state index contributed by atoms with van der Waals surface area (Å²) in [6.07, 6.45) is 6.15. The van der Waals surface area contributed by atoms with Crippen LogP contribution in [0, 0.1) is 5.92 Å². The first-order chi connectivity index (χ1) is 9.47. The highest BCUT2D eigenvalue weighted by Crippen LogP contribution is 2.24. The van der Waals surface area contributed by atoms with Gasteiger partial charge in [0, 0.05) is 24.8 Å². The molecule has 20 heavy (non-hydrogen) atoms. The van der Waals surface area contributed by atoms with E-state index in [-0.39, 0.29) is 6.04 Å². The third-order valence-corrected chi connectivity index (χ3v) is 3.76. The van der Waals surface area contributed by atoms with Crippen LogP contribution in [0.2, 0.25) is 0 Å². The van der Waals surface area contributed by atoms with Gasteiger partial charge in [0.2, 0.25) is 0 Å². The molecule has 1 heterocycles. The van der Waals surface area contributed by atoms with Crippen LogP contribution in [-0.4, -0.2) is 32.9 Å². The molecule has 0 bridgehead atoms. The lowest BCUT2D eigenvalue weighted by molar-refractivity contribution is -0.139. The van der Waals surface area contributed by atoms with E-state index in [9.17, 15) is 14.7 Å². The molecule has 2 amide bonds. The maximum atomic E-state index is 11.9. The fourth-order valence-corrected chi connectivity index (χ4v) is 2.58. The van der Waals surface area contributed by atoms with Crippen molar-refractivity contribution < 1.29 is 14.7 Å². The van der Waals surface area contributed by atoms with Crippen molar-refractivity contribution in [2.75, 3.05) is 0 Å². The number of aryl methyl sites for hydroxylation is 1. The van der Waals surface area contributed by atoms with Gasteiger partial charge in [-0.15, -0.1) is 0 Å². The molecule has 1 saturated carbocycles. The van der Waals surface area contributed by atoms with E-state index in [2.05, 4.69) is 22.7 Å². The molecule has 7 nitrogen and oxygen atoms in total. The van der Waals surface area contributed by atoms with Gasteiger partial charge in [0.1, 0.15) is 0 Å². The zero-order valence-electron chi connectivity index (χ0n) is 11.7. The van der Waals surface area contributed by atoms with Gasteiger partial charge in [0.05, 0.1) is 6.20 Å². The van der Waals surface area contributed by atoms with Crippen molar-refractivity contribution in [2.45, 2.75) is 38.3 Å². The summed E-state index contributed by atoms with van der Waals surface area (Å²) in [5.41, 5.74) is 0.453. The Hall–Kier alpha value is -2.05. The summed E-state index contributed by atoms with van der Waals surface area (Å²) in [4.78, 5) is 23.2. The molecule has 1 aliphatic carbocycles. The smallest absolute Gasteiger partial charge is 0.331 e. The van der Waals surface area contributed by atoms with Crippen LogP contribution in [0.1, 0.15) is 37.8 Å². The second kappa shape index (κ2) is 5.94. The Kier molecular flexibility index (Phi) is 4.26. The van der Waals surface area contributed by atoms with Crippen LogP contribution >= 0.6 is 0 Å². The first-order valence-electron chi connectivity index (χ1n) is 6.75. The molecule has 7 heteroatoms. The third kappa shape index (κ3) is 3.28. The number of carboxylic acids is 1. The maximum absolute atomic E-state index is 11.9. The lowest BCUT2D eigenvalue weighted by Gasteiger charge is -2.20. The Labute approximate surface area is 117 Å². The number of nitrogens with zero attached hydrogens (tertiary/aromatic N) is 2. The summed E-state index contributed by atoms with van der Waals surface area (Å²) in [5, 5.41) is 18.5. The van der Waals surface area contributed by atoms with Crippen molar-refractivity contribution in [2.24, 2.45) is 13.0 Å². The van der Waals surface area contributed by atoms with Crippen LogP contribution in [0.15, 0.2) is 12.4 Å². The number of carbonyl (C=O) groups excluding carboxylic acids is 1. The van der Waals surface area contributed by atoms with Crippen LogP contribution in [0.5, 0.6) is 0 Å². The van der Waals surface area contributed by atoms with Gasteiger partial charge in [0.25, 0.3) is 0 Å². The van der Waals surface area contributed by atoms with E-state index >= 15 is 0 Å². The monoisotopic (exact) mass is 280 g/mol. The van der Waals surface area contributed by atoms with E-state index in [0.717, 1.165) is 19.3 Å². The fourth-order valence-electron chi connectivity index (χ4n) is 2.58. The molecule has 0 radical (unpaired) electrons. The third-order valence-electron chi connectivity index (χ3n) is 3.76. The molecular weight excluding hydrogens is 260 g/mol. The Morgan fingerprint density at radius 1 is 1.50 bits per heavy atom. The van der Waals surface area contributed by atoms with Crippen molar-refractivity contribution in [1.29, 1.82) is 0 Å². The number of amides is 2. The van der Waals surface area contributed by atoms with E-state index in [1.54, 1.807) is 13.2 Å². The zero-order chi connectivity index (χ0) is 14.7. The zero-order valence-corrected chi connectivity index (χ0v) is 11.7. The maximum Gasteiger partial charge on any atom is 0.331 e. The standard InChI is InChI=1S/C13H20N4O3/c1-8-4-3-5-10(8)15-13(20)16-11(12(18)19)9-6-14-17(2)7-9/h6-8,10-11H,3-5H2,1-2H3,(H,18,19)(H2,15,16,20). The summed E-state index contributed by atoms with van der Waals surface area (Å²) in [7, 11) is 1.70. The summed E-state index contributed by atoms with van der Waals surface area (Å²) >= 11 is 0. The lowest BCUT2D eigenvalue weighted by Crippen LogP contribution is -2.46. The first kappa shape index (κ1) is 14.4. The highest BCUT2D eigenvalue weighted by atomic mass is 16.4. The molecule has 2 rings (SSSR count). The number of carboxylic acid groups (broad SMARTS) is 1. The average molecular weight is 280 g/mol. The highest BCUT2D eigenvalue weighted by Gasteiger charge is 2.28. The van der Waals surface area contributed by atoms with Gasteiger partial charge >= 0.3 is 12.0 Å². The number of urea groups is 1. The quantitative estimate of drug-likeness (QED) is 0.767. The van der Waals surface area contributed by atoms with E-state index in [1.807, 2.05) is 0 Å². The van der Waals surface area contributed by atoms with Gasteiger partial charge in [-0.25, -0.2) is 9.59 Å². The van der Waals surface area contributed by atoms with Crippen molar-refractivity contribution in [3.8, 4) is 0 Å². The largest absolute Gasteiger partial charge is 0.479 e. The van der Waals surface area contributed by atoms with E-state index in [1.165, 1.54) is 10.9 Å². The Bertz CT molecular complexity index is 500. The molecule has 3 N–H and O–H groups in total. The molecule has 0 spiro atoms. The summed E-state index contributed by atoms with van der Waals surface area (Å²) < 4.78 is 1.50. The first-order valence-corrected chi connectivity index (χ1v) is 6.75. The minimum absolute atomic E-state index is 0.123. The van der Waals surface area contributed by atoms with Crippen LogP contribution in [-0.2, 0) is 11.8 Å². The number of aliphatic carboxylic acids is 1. The second-order valence-electron chi connectivity index (χ2n) is 5.35. The number of carbonyl (C=O) groups is 2. The number of nitrogens with one attached hydrogen (secondary N) is 2. The van der Waals surface area contributed by atoms with Gasteiger partial charge in [0.15, 0.2) is 6.04 Å². The van der Waals surface area contributed by atoms with Crippen molar-refractivity contribution >= 4 is 12.0 Å². The molecule has 1 aromatic heterocycles. The minimum atomic E-state index is -1.10. The highest BCUT2D eigenvalue weighted by molar-refractivity contribution is 5.83. The molecule has 1 aliphatic rings. The summed E-state index contributed by atoms with van der Waals surface area (Å²) in [5.74, 6) is -0.671. The van der Waals surface area contributed by atoms with Gasteiger partial charge in [-0.05, 0) is 18.8 Å². The summed E-state index contributed by atoms with van der Waals surface area (Å²) in [6.45, 7) is 2.09.